The maximum Gasteiger partial charge on any atom is 0.258 e. The molecule has 20 heavy (non-hydrogen) atoms. The van der Waals surface area contributed by atoms with E-state index >= 15 is 0 Å². The van der Waals surface area contributed by atoms with Gasteiger partial charge in [0.25, 0.3) is 5.91 Å². The van der Waals surface area contributed by atoms with E-state index in [0.717, 1.165) is 6.07 Å². The largest absolute Gasteiger partial charge is 0.321 e. The third-order valence-electron chi connectivity index (χ3n) is 2.46. The fourth-order valence-corrected chi connectivity index (χ4v) is 2.26. The van der Waals surface area contributed by atoms with Crippen LogP contribution in [-0.4, -0.2) is 5.91 Å². The van der Waals surface area contributed by atoms with Crippen molar-refractivity contribution in [3.63, 3.8) is 0 Å². The van der Waals surface area contributed by atoms with Gasteiger partial charge in [0.05, 0.1) is 11.3 Å². The molecule has 0 bridgehead atoms. The first-order valence-electron chi connectivity index (χ1n) is 5.30. The van der Waals surface area contributed by atoms with Crippen molar-refractivity contribution in [1.29, 1.82) is 0 Å². The van der Waals surface area contributed by atoms with Gasteiger partial charge in [-0.2, -0.15) is 0 Å². The summed E-state index contributed by atoms with van der Waals surface area (Å²) in [5.41, 5.74) is -0.269. The van der Waals surface area contributed by atoms with E-state index in [0.29, 0.717) is 21.2 Å². The SMILES string of the molecule is O=C(Nc1ccc(Cl)cc1Br)c1ccc(F)c(F)c1F. The Balaban J connectivity index is 2.31. The maximum absolute atomic E-state index is 13.5. The molecule has 0 fully saturated rings. The number of carbonyl (C=O) groups is 1. The van der Waals surface area contributed by atoms with Crippen molar-refractivity contribution in [2.75, 3.05) is 5.32 Å². The van der Waals surface area contributed by atoms with E-state index in [4.69, 9.17) is 11.6 Å². The van der Waals surface area contributed by atoms with Gasteiger partial charge >= 0.3 is 0 Å². The molecule has 0 saturated carbocycles. The molecule has 1 N–H and O–H groups in total. The number of hydrogen-bond donors (Lipinski definition) is 1. The summed E-state index contributed by atoms with van der Waals surface area (Å²) in [5.74, 6) is -5.48. The Hall–Kier alpha value is -1.53. The van der Waals surface area contributed by atoms with E-state index in [2.05, 4.69) is 21.2 Å². The van der Waals surface area contributed by atoms with Crippen molar-refractivity contribution in [1.82, 2.24) is 0 Å². The van der Waals surface area contributed by atoms with Crippen LogP contribution in [0.1, 0.15) is 10.4 Å². The Bertz CT molecular complexity index is 694. The lowest BCUT2D eigenvalue weighted by Gasteiger charge is -2.09. The summed E-state index contributed by atoms with van der Waals surface area (Å²) in [7, 11) is 0. The van der Waals surface area contributed by atoms with Crippen molar-refractivity contribution in [3.8, 4) is 0 Å². The van der Waals surface area contributed by atoms with Crippen LogP contribution in [0.5, 0.6) is 0 Å². The summed E-state index contributed by atoms with van der Waals surface area (Å²) >= 11 is 8.91. The molecule has 2 aromatic carbocycles. The number of nitrogens with one attached hydrogen (secondary N) is 1. The summed E-state index contributed by atoms with van der Waals surface area (Å²) in [6.07, 6.45) is 0. The van der Waals surface area contributed by atoms with E-state index in [1.807, 2.05) is 0 Å². The Morgan fingerprint density at radius 1 is 1.10 bits per heavy atom. The Labute approximate surface area is 125 Å². The van der Waals surface area contributed by atoms with Crippen LogP contribution < -0.4 is 5.32 Å². The van der Waals surface area contributed by atoms with Gasteiger partial charge in [0, 0.05) is 9.50 Å². The lowest BCUT2D eigenvalue weighted by molar-refractivity contribution is 0.102. The molecule has 0 spiro atoms. The topological polar surface area (TPSA) is 29.1 Å². The zero-order valence-corrected chi connectivity index (χ0v) is 12.0. The average molecular weight is 365 g/mol. The van der Waals surface area contributed by atoms with E-state index in [1.165, 1.54) is 18.2 Å². The van der Waals surface area contributed by atoms with Crippen molar-refractivity contribution in [2.24, 2.45) is 0 Å². The summed E-state index contributed by atoms with van der Waals surface area (Å²) in [5, 5.41) is 2.81. The van der Waals surface area contributed by atoms with Crippen LogP contribution in [0.3, 0.4) is 0 Å². The van der Waals surface area contributed by atoms with Gasteiger partial charge in [0.15, 0.2) is 17.5 Å². The van der Waals surface area contributed by atoms with Crippen LogP contribution in [0.15, 0.2) is 34.8 Å². The normalized spacial score (nSPS) is 10.4. The van der Waals surface area contributed by atoms with E-state index < -0.39 is 28.9 Å². The van der Waals surface area contributed by atoms with Crippen LogP contribution in [-0.2, 0) is 0 Å². The molecule has 0 aliphatic heterocycles. The lowest BCUT2D eigenvalue weighted by atomic mass is 10.1. The molecule has 2 aromatic rings. The first kappa shape index (κ1) is 14.9. The Morgan fingerprint density at radius 2 is 1.80 bits per heavy atom. The van der Waals surface area contributed by atoms with Gasteiger partial charge in [-0.1, -0.05) is 11.6 Å². The number of halogens is 5. The van der Waals surface area contributed by atoms with Gasteiger partial charge in [-0.25, -0.2) is 13.2 Å². The summed E-state index contributed by atoms with van der Waals surface area (Å²) < 4.78 is 39.8. The van der Waals surface area contributed by atoms with Crippen molar-refractivity contribution < 1.29 is 18.0 Å². The number of benzene rings is 2. The van der Waals surface area contributed by atoms with Gasteiger partial charge in [-0.3, -0.25) is 4.79 Å². The van der Waals surface area contributed by atoms with E-state index in [9.17, 15) is 18.0 Å². The molecule has 104 valence electrons. The number of carbonyl (C=O) groups excluding carboxylic acids is 1. The molecule has 7 heteroatoms. The molecule has 2 rings (SSSR count). The maximum atomic E-state index is 13.5. The molecule has 0 aromatic heterocycles. The minimum absolute atomic E-state index is 0.323. The molecular weight excluding hydrogens is 358 g/mol. The third kappa shape index (κ3) is 2.96. The van der Waals surface area contributed by atoms with Crippen LogP contribution in [0, 0.1) is 17.5 Å². The van der Waals surface area contributed by atoms with Gasteiger partial charge in [0.2, 0.25) is 0 Å². The van der Waals surface area contributed by atoms with Crippen molar-refractivity contribution in [2.45, 2.75) is 0 Å². The molecule has 1 amide bonds. The molecule has 0 heterocycles. The van der Waals surface area contributed by atoms with Crippen molar-refractivity contribution >= 4 is 39.1 Å². The van der Waals surface area contributed by atoms with Crippen molar-refractivity contribution in [3.05, 3.63) is 62.8 Å². The van der Waals surface area contributed by atoms with E-state index in [-0.39, 0.29) is 0 Å². The molecule has 0 unspecified atom stereocenters. The fraction of sp³-hybridized carbons (Fsp3) is 0. The summed E-state index contributed by atoms with van der Waals surface area (Å²) in [6, 6.07) is 6.08. The van der Waals surface area contributed by atoms with Gasteiger partial charge in [-0.05, 0) is 46.3 Å². The van der Waals surface area contributed by atoms with Crippen LogP contribution in [0.2, 0.25) is 5.02 Å². The molecule has 0 radical (unpaired) electrons. The predicted octanol–water partition coefficient (Wildman–Crippen LogP) is 4.77. The first-order chi connectivity index (χ1) is 9.40. The highest BCUT2D eigenvalue weighted by Crippen LogP contribution is 2.26. The van der Waals surface area contributed by atoms with Crippen LogP contribution >= 0.6 is 27.5 Å². The predicted molar refractivity (Wildman–Crippen MR) is 73.4 cm³/mol. The number of hydrogen-bond acceptors (Lipinski definition) is 1. The molecule has 0 aliphatic carbocycles. The smallest absolute Gasteiger partial charge is 0.258 e. The minimum atomic E-state index is -1.69. The highest BCUT2D eigenvalue weighted by molar-refractivity contribution is 9.10. The Morgan fingerprint density at radius 3 is 2.45 bits per heavy atom. The average Bonchev–Trinajstić information content (AvgIpc) is 2.39. The lowest BCUT2D eigenvalue weighted by Crippen LogP contribution is -2.15. The third-order valence-corrected chi connectivity index (χ3v) is 3.35. The zero-order chi connectivity index (χ0) is 14.9. The highest BCUT2D eigenvalue weighted by atomic mass is 79.9. The second kappa shape index (κ2) is 5.85. The standard InChI is InChI=1S/C13H6BrClF3NO/c14-8-5-6(15)1-4-10(8)19-13(20)7-2-3-9(16)12(18)11(7)17/h1-5H,(H,19,20). The first-order valence-corrected chi connectivity index (χ1v) is 6.47. The Kier molecular flexibility index (Phi) is 4.35. The van der Waals surface area contributed by atoms with E-state index in [1.54, 1.807) is 0 Å². The molecular formula is C13H6BrClF3NO. The second-order valence-corrected chi connectivity index (χ2v) is 5.09. The van der Waals surface area contributed by atoms with Gasteiger partial charge in [-0.15, -0.1) is 0 Å². The van der Waals surface area contributed by atoms with Crippen LogP contribution in [0.4, 0.5) is 18.9 Å². The molecule has 2 nitrogen and oxygen atoms in total. The molecule has 0 saturated heterocycles. The van der Waals surface area contributed by atoms with Gasteiger partial charge in [0.1, 0.15) is 0 Å². The molecule has 0 aliphatic rings. The zero-order valence-electron chi connectivity index (χ0n) is 9.68. The highest BCUT2D eigenvalue weighted by Gasteiger charge is 2.19. The number of anilines is 1. The number of amides is 1. The summed E-state index contributed by atoms with van der Waals surface area (Å²) in [6.45, 7) is 0. The quantitative estimate of drug-likeness (QED) is 0.764. The second-order valence-electron chi connectivity index (χ2n) is 3.80. The number of rotatable bonds is 2. The monoisotopic (exact) mass is 363 g/mol. The molecule has 0 atom stereocenters. The van der Waals surface area contributed by atoms with Crippen LogP contribution in [0.25, 0.3) is 0 Å². The minimum Gasteiger partial charge on any atom is -0.321 e. The summed E-state index contributed by atoms with van der Waals surface area (Å²) in [4.78, 5) is 11.8. The fourth-order valence-electron chi connectivity index (χ4n) is 1.48. The van der Waals surface area contributed by atoms with Gasteiger partial charge < -0.3 is 5.32 Å².